The molecule has 1 aromatic carbocycles. The normalized spacial score (nSPS) is 15.9. The fourth-order valence-corrected chi connectivity index (χ4v) is 12.1. The molecule has 0 saturated carbocycles. The second-order valence-corrected chi connectivity index (χ2v) is 19.2. The van der Waals surface area contributed by atoms with Gasteiger partial charge in [0.25, 0.3) is 10.1 Å². The van der Waals surface area contributed by atoms with E-state index in [-0.39, 0.29) is 31.6 Å². The van der Waals surface area contributed by atoms with Crippen molar-refractivity contribution in [1.29, 1.82) is 0 Å². The summed E-state index contributed by atoms with van der Waals surface area (Å²) in [6, 6.07) is 12.0. The summed E-state index contributed by atoms with van der Waals surface area (Å²) in [5.74, 6) is -0.552. The number of thiazole rings is 1. The van der Waals surface area contributed by atoms with Gasteiger partial charge in [0.1, 0.15) is 0 Å². The number of thiophene rings is 1. The van der Waals surface area contributed by atoms with Gasteiger partial charge in [-0.15, -0.1) is 0 Å². The Morgan fingerprint density at radius 3 is 2.37 bits per heavy atom. The fourth-order valence-electron chi connectivity index (χ4n) is 5.04. The van der Waals surface area contributed by atoms with E-state index in [4.69, 9.17) is 9.11 Å². The van der Waals surface area contributed by atoms with Gasteiger partial charge in [0.2, 0.25) is 0 Å². The number of nitrogens with zero attached hydrogens (tertiary/aromatic N) is 3. The van der Waals surface area contributed by atoms with Gasteiger partial charge in [0, 0.05) is 0 Å². The molecule has 1 aliphatic heterocycles. The Kier molecular flexibility index (Phi) is 11.7. The van der Waals surface area contributed by atoms with Crippen molar-refractivity contribution in [2.75, 3.05) is 18.1 Å². The predicted octanol–water partition coefficient (Wildman–Crippen LogP) is 3.32. The Morgan fingerprint density at radius 2 is 1.67 bits per heavy atom. The molecule has 0 amide bonds. The number of rotatable bonds is 14. The standard InChI is InChI=1S/C30H33N3O7S5Se/c1-2-31-27(20-28-33(16-7-9-19-45(38,39)40)23-14-17-41-30(23)46-28)43-25(29(31)34)12-13-26-32(15-6-8-18-44(35,36)37)24(21-42-26)22-10-4-3-5-11-22/h3-5,10-14,17,20-21H,2,6-9,15-16,18-19H2,1H3,(H-,35,36,37,38,39,40)/p+1/b25-12+,26-13?. The van der Waals surface area contributed by atoms with E-state index in [0.29, 0.717) is 49.8 Å². The maximum atomic E-state index is 13.5. The maximum absolute atomic E-state index is 13.5. The molecular formula is C30H34N3O7S5Se+. The fraction of sp³-hybridized carbons (Fsp3) is 0.333. The van der Waals surface area contributed by atoms with Crippen LogP contribution in [0.4, 0.5) is 0 Å². The van der Waals surface area contributed by atoms with E-state index >= 15 is 0 Å². The summed E-state index contributed by atoms with van der Waals surface area (Å²) in [4.78, 5) is 15.6. The van der Waals surface area contributed by atoms with E-state index < -0.39 is 20.2 Å². The number of aryl methyl sites for hydroxylation is 1. The van der Waals surface area contributed by atoms with Crippen molar-refractivity contribution in [3.8, 4) is 0 Å². The summed E-state index contributed by atoms with van der Waals surface area (Å²) < 4.78 is 70.9. The van der Waals surface area contributed by atoms with Crippen molar-refractivity contribution in [3.63, 3.8) is 0 Å². The zero-order valence-corrected chi connectivity index (χ0v) is 30.7. The van der Waals surface area contributed by atoms with Crippen LogP contribution in [0.1, 0.15) is 42.7 Å². The van der Waals surface area contributed by atoms with Crippen LogP contribution in [-0.2, 0) is 33.3 Å². The van der Waals surface area contributed by atoms with Crippen molar-refractivity contribution in [2.45, 2.75) is 45.7 Å². The number of aromatic nitrogens is 2. The monoisotopic (exact) mass is 788 g/mol. The van der Waals surface area contributed by atoms with Crippen LogP contribution in [0.25, 0.3) is 26.9 Å². The molecule has 246 valence electrons. The Morgan fingerprint density at radius 1 is 0.957 bits per heavy atom. The first-order chi connectivity index (χ1) is 21.9. The number of hydrogen-bond donors (Lipinski definition) is 2. The molecule has 0 spiro atoms. The molecule has 0 unspecified atom stereocenters. The van der Waals surface area contributed by atoms with Gasteiger partial charge < -0.3 is 0 Å². The molecule has 1 aliphatic rings. The number of fused-ring (bicyclic) bond motifs is 1. The van der Waals surface area contributed by atoms with Gasteiger partial charge in [-0.25, -0.2) is 0 Å². The zero-order chi connectivity index (χ0) is 32.9. The Bertz CT molecular complexity index is 2160. The van der Waals surface area contributed by atoms with E-state index in [0.717, 1.165) is 31.0 Å². The zero-order valence-electron chi connectivity index (χ0n) is 24.9. The van der Waals surface area contributed by atoms with Crippen LogP contribution >= 0.6 is 34.4 Å². The number of thioether (sulfide) groups is 1. The molecule has 4 heterocycles. The van der Waals surface area contributed by atoms with Crippen LogP contribution in [-0.4, -0.2) is 68.0 Å². The van der Waals surface area contributed by atoms with Gasteiger partial charge in [-0.1, -0.05) is 18.2 Å². The first-order valence-electron chi connectivity index (χ1n) is 14.6. The van der Waals surface area contributed by atoms with E-state index in [1.807, 2.05) is 49.4 Å². The van der Waals surface area contributed by atoms with E-state index in [2.05, 4.69) is 32.4 Å². The molecule has 0 fully saturated rings. The average molecular weight is 788 g/mol. The quantitative estimate of drug-likeness (QED) is 0.0854. The molecule has 10 nitrogen and oxygen atoms in total. The van der Waals surface area contributed by atoms with E-state index in [9.17, 15) is 21.6 Å². The Hall–Kier alpha value is -2.27. The van der Waals surface area contributed by atoms with Gasteiger partial charge in [-0.05, 0) is 0 Å². The summed E-state index contributed by atoms with van der Waals surface area (Å²) >= 11 is 4.72. The third kappa shape index (κ3) is 8.99. The summed E-state index contributed by atoms with van der Waals surface area (Å²) in [5, 5.41) is 5.03. The number of hydrogen-bond acceptors (Lipinski definition) is 9. The third-order valence-electron chi connectivity index (χ3n) is 7.23. The molecule has 0 bridgehead atoms. The predicted molar refractivity (Wildman–Crippen MR) is 189 cm³/mol. The number of allylic oxidation sites excluding steroid dienone is 1. The molecule has 0 aliphatic carbocycles. The van der Waals surface area contributed by atoms with Crippen molar-refractivity contribution >= 4 is 96.1 Å². The minimum absolute atomic E-state index is 0.0485. The second kappa shape index (κ2) is 15.3. The molecule has 5 rings (SSSR count). The third-order valence-corrected chi connectivity index (χ3v) is 14.6. The average Bonchev–Trinajstić information content (AvgIpc) is 3.76. The Labute approximate surface area is 286 Å². The van der Waals surface area contributed by atoms with Crippen LogP contribution in [0.15, 0.2) is 63.1 Å². The van der Waals surface area contributed by atoms with Crippen LogP contribution in [0.5, 0.6) is 0 Å². The van der Waals surface area contributed by atoms with Crippen molar-refractivity contribution in [3.05, 3.63) is 88.0 Å². The summed E-state index contributed by atoms with van der Waals surface area (Å²) in [6.45, 7) is 3.62. The molecule has 4 aromatic rings. The van der Waals surface area contributed by atoms with Gasteiger partial charge in [0.05, 0.1) is 5.75 Å². The first kappa shape index (κ1) is 35.0. The summed E-state index contributed by atoms with van der Waals surface area (Å²) in [6.07, 6.45) is 7.70. The molecule has 46 heavy (non-hydrogen) atoms. The second-order valence-electron chi connectivity index (χ2n) is 10.5. The molecule has 0 saturated heterocycles. The molecule has 2 N–H and O–H groups in total. The van der Waals surface area contributed by atoms with Gasteiger partial charge in [-0.2, -0.15) is 8.42 Å². The van der Waals surface area contributed by atoms with Gasteiger partial charge >= 0.3 is 241 Å². The summed E-state index contributed by atoms with van der Waals surface area (Å²) in [5.41, 5.74) is 3.07. The Balaban J connectivity index is 1.45. The van der Waals surface area contributed by atoms with E-state index in [1.54, 1.807) is 27.7 Å². The molecule has 3 aromatic heterocycles. The van der Waals surface area contributed by atoms with Gasteiger partial charge in [0.15, 0.2) is 0 Å². The molecule has 0 atom stereocenters. The first-order valence-corrected chi connectivity index (χ1v) is 22.1. The minimum atomic E-state index is -4.02. The molecular weight excluding hydrogens is 754 g/mol. The van der Waals surface area contributed by atoms with Gasteiger partial charge in [-0.3, -0.25) is 4.55 Å². The topological polar surface area (TPSA) is 138 Å². The summed E-state index contributed by atoms with van der Waals surface area (Å²) in [7, 11) is -8.02. The van der Waals surface area contributed by atoms with E-state index in [1.165, 1.54) is 14.9 Å². The van der Waals surface area contributed by atoms with Crippen molar-refractivity contribution < 1.29 is 30.5 Å². The van der Waals surface area contributed by atoms with Crippen LogP contribution in [0.3, 0.4) is 0 Å². The molecule has 0 radical (unpaired) electrons. The molecule has 16 heteroatoms. The van der Waals surface area contributed by atoms with Crippen LogP contribution < -0.4 is 19.3 Å². The van der Waals surface area contributed by atoms with Crippen LogP contribution in [0, 0.1) is 0 Å². The van der Waals surface area contributed by atoms with Crippen LogP contribution in [0.2, 0.25) is 0 Å². The number of benzene rings is 1. The van der Waals surface area contributed by atoms with Crippen molar-refractivity contribution in [2.24, 2.45) is 0 Å². The van der Waals surface area contributed by atoms with Crippen molar-refractivity contribution in [1.82, 2.24) is 9.47 Å². The SMILES string of the molecule is CCn1c(=Cc2[se]c3sccc3[n+]2CCCCS(=O)(=O)O)s/c(=C/C=C2SC=C(c3ccccc3)N2CCCCS(=O)(=O)O)c1=O. The number of unbranched alkanes of at least 4 members (excludes halogenated alkanes) is 2.